The molecule has 1 aromatic rings. The summed E-state index contributed by atoms with van der Waals surface area (Å²) in [7, 11) is 0. The van der Waals surface area contributed by atoms with Crippen molar-refractivity contribution in [3.8, 4) is 6.07 Å². The molecule has 3 heteroatoms. The van der Waals surface area contributed by atoms with E-state index in [0.717, 1.165) is 30.4 Å². The number of hydrogen-bond acceptors (Lipinski definition) is 2. The SMILES string of the molecule is CC(C)CC1CCCC(Nc2ccc(F)cc2C#N)C1. The maximum atomic E-state index is 13.1. The lowest BCUT2D eigenvalue weighted by molar-refractivity contribution is 0.289. The van der Waals surface area contributed by atoms with Crippen molar-refractivity contribution in [1.29, 1.82) is 5.26 Å². The maximum absolute atomic E-state index is 13.1. The average molecular weight is 274 g/mol. The Kier molecular flexibility index (Phi) is 5.00. The molecule has 2 nitrogen and oxygen atoms in total. The van der Waals surface area contributed by atoms with Crippen molar-refractivity contribution in [3.05, 3.63) is 29.6 Å². The molecule has 108 valence electrons. The highest BCUT2D eigenvalue weighted by atomic mass is 19.1. The molecule has 1 aliphatic carbocycles. The zero-order valence-corrected chi connectivity index (χ0v) is 12.3. The summed E-state index contributed by atoms with van der Waals surface area (Å²) in [5.41, 5.74) is 1.17. The fraction of sp³-hybridized carbons (Fsp3) is 0.588. The van der Waals surface area contributed by atoms with Crippen LogP contribution in [0.15, 0.2) is 18.2 Å². The molecule has 0 heterocycles. The molecular weight excluding hydrogens is 251 g/mol. The molecule has 20 heavy (non-hydrogen) atoms. The summed E-state index contributed by atoms with van der Waals surface area (Å²) in [6.07, 6.45) is 6.10. The third kappa shape index (κ3) is 3.96. The third-order valence-electron chi connectivity index (χ3n) is 4.05. The van der Waals surface area contributed by atoms with Crippen LogP contribution in [0.5, 0.6) is 0 Å². The minimum atomic E-state index is -0.353. The quantitative estimate of drug-likeness (QED) is 0.862. The molecule has 0 spiro atoms. The van der Waals surface area contributed by atoms with Crippen molar-refractivity contribution in [2.45, 2.75) is 52.0 Å². The number of hydrogen-bond donors (Lipinski definition) is 1. The Morgan fingerprint density at radius 1 is 1.40 bits per heavy atom. The second-order valence-electron chi connectivity index (χ2n) is 6.31. The molecule has 0 bridgehead atoms. The standard InChI is InChI=1S/C17H23FN2/c1-12(2)8-13-4-3-5-16(9-13)20-17-7-6-15(18)10-14(17)11-19/h6-7,10,12-13,16,20H,3-5,8-9H2,1-2H3. The first-order chi connectivity index (χ1) is 9.58. The minimum absolute atomic E-state index is 0.353. The molecule has 0 saturated heterocycles. The van der Waals surface area contributed by atoms with Crippen LogP contribution in [-0.4, -0.2) is 6.04 Å². The van der Waals surface area contributed by atoms with Crippen molar-refractivity contribution in [3.63, 3.8) is 0 Å². The van der Waals surface area contributed by atoms with Gasteiger partial charge in [-0.15, -0.1) is 0 Å². The molecule has 2 rings (SSSR count). The van der Waals surface area contributed by atoms with Gasteiger partial charge in [-0.25, -0.2) is 4.39 Å². The van der Waals surface area contributed by atoms with Gasteiger partial charge >= 0.3 is 0 Å². The van der Waals surface area contributed by atoms with Gasteiger partial charge in [0.15, 0.2) is 0 Å². The largest absolute Gasteiger partial charge is 0.381 e. The van der Waals surface area contributed by atoms with Crippen LogP contribution < -0.4 is 5.32 Å². The zero-order valence-electron chi connectivity index (χ0n) is 12.3. The summed E-state index contributed by atoms with van der Waals surface area (Å²) in [5.74, 6) is 1.15. The normalized spacial score (nSPS) is 22.6. The highest BCUT2D eigenvalue weighted by Crippen LogP contribution is 2.31. The number of nitrogens with one attached hydrogen (secondary N) is 1. The van der Waals surface area contributed by atoms with Crippen LogP contribution in [0.3, 0.4) is 0 Å². The predicted molar refractivity (Wildman–Crippen MR) is 79.9 cm³/mol. The first-order valence-corrected chi connectivity index (χ1v) is 7.54. The summed E-state index contributed by atoms with van der Waals surface area (Å²) >= 11 is 0. The Labute approximate surface area is 121 Å². The molecule has 1 saturated carbocycles. The van der Waals surface area contributed by atoms with Gasteiger partial charge in [-0.3, -0.25) is 0 Å². The molecule has 0 aliphatic heterocycles. The second kappa shape index (κ2) is 6.74. The predicted octanol–water partition coefficient (Wildman–Crippen LogP) is 4.71. The van der Waals surface area contributed by atoms with Crippen LogP contribution in [0.25, 0.3) is 0 Å². The lowest BCUT2D eigenvalue weighted by Crippen LogP contribution is -2.28. The summed E-state index contributed by atoms with van der Waals surface area (Å²) in [5, 5.41) is 12.5. The van der Waals surface area contributed by atoms with Crippen molar-refractivity contribution in [2.24, 2.45) is 11.8 Å². The van der Waals surface area contributed by atoms with Crippen molar-refractivity contribution in [1.82, 2.24) is 0 Å². The Hall–Kier alpha value is -1.56. The fourth-order valence-corrected chi connectivity index (χ4v) is 3.26. The van der Waals surface area contributed by atoms with Gasteiger partial charge in [0.05, 0.1) is 11.3 Å². The molecule has 0 radical (unpaired) electrons. The van der Waals surface area contributed by atoms with Gasteiger partial charge in [-0.2, -0.15) is 5.26 Å². The van der Waals surface area contributed by atoms with E-state index in [-0.39, 0.29) is 5.82 Å². The van der Waals surface area contributed by atoms with Crippen LogP contribution in [0.4, 0.5) is 10.1 Å². The highest BCUT2D eigenvalue weighted by molar-refractivity contribution is 5.57. The van der Waals surface area contributed by atoms with E-state index < -0.39 is 0 Å². The number of nitriles is 1. The van der Waals surface area contributed by atoms with Gasteiger partial charge in [0.2, 0.25) is 0 Å². The van der Waals surface area contributed by atoms with Gasteiger partial charge in [0, 0.05) is 6.04 Å². The average Bonchev–Trinajstić information content (AvgIpc) is 2.40. The number of rotatable bonds is 4. The van der Waals surface area contributed by atoms with Crippen molar-refractivity contribution in [2.75, 3.05) is 5.32 Å². The van der Waals surface area contributed by atoms with Gasteiger partial charge in [-0.05, 0) is 49.3 Å². The molecule has 2 unspecified atom stereocenters. The van der Waals surface area contributed by atoms with Gasteiger partial charge in [0.1, 0.15) is 11.9 Å². The number of anilines is 1. The van der Waals surface area contributed by atoms with E-state index in [1.807, 2.05) is 0 Å². The van der Waals surface area contributed by atoms with E-state index in [1.165, 1.54) is 31.4 Å². The molecule has 1 aromatic carbocycles. The molecule has 0 aromatic heterocycles. The molecular formula is C17H23FN2. The summed E-state index contributed by atoms with van der Waals surface area (Å²) in [6, 6.07) is 6.87. The van der Waals surface area contributed by atoms with Gasteiger partial charge in [-0.1, -0.05) is 26.7 Å². The number of halogens is 1. The smallest absolute Gasteiger partial charge is 0.124 e. The highest BCUT2D eigenvalue weighted by Gasteiger charge is 2.23. The van der Waals surface area contributed by atoms with E-state index in [1.54, 1.807) is 6.07 Å². The van der Waals surface area contributed by atoms with Crippen LogP contribution in [0, 0.1) is 29.0 Å². The molecule has 1 N–H and O–H groups in total. The van der Waals surface area contributed by atoms with E-state index in [0.29, 0.717) is 11.6 Å². The van der Waals surface area contributed by atoms with Crippen molar-refractivity contribution < 1.29 is 4.39 Å². The van der Waals surface area contributed by atoms with Crippen LogP contribution in [0.1, 0.15) is 51.5 Å². The van der Waals surface area contributed by atoms with Gasteiger partial charge < -0.3 is 5.32 Å². The van der Waals surface area contributed by atoms with Crippen LogP contribution >= 0.6 is 0 Å². The Morgan fingerprint density at radius 3 is 2.90 bits per heavy atom. The summed E-state index contributed by atoms with van der Waals surface area (Å²) < 4.78 is 13.1. The second-order valence-corrected chi connectivity index (χ2v) is 6.31. The number of benzene rings is 1. The Morgan fingerprint density at radius 2 is 2.20 bits per heavy atom. The van der Waals surface area contributed by atoms with E-state index >= 15 is 0 Å². The Bertz CT molecular complexity index is 490. The monoisotopic (exact) mass is 274 g/mol. The van der Waals surface area contributed by atoms with E-state index in [9.17, 15) is 4.39 Å². The third-order valence-corrected chi connectivity index (χ3v) is 4.05. The van der Waals surface area contributed by atoms with Gasteiger partial charge in [0.25, 0.3) is 0 Å². The number of nitrogens with zero attached hydrogens (tertiary/aromatic N) is 1. The molecule has 1 aliphatic rings. The van der Waals surface area contributed by atoms with E-state index in [4.69, 9.17) is 5.26 Å². The summed E-state index contributed by atoms with van der Waals surface area (Å²) in [4.78, 5) is 0. The lowest BCUT2D eigenvalue weighted by Gasteiger charge is -2.31. The van der Waals surface area contributed by atoms with Crippen LogP contribution in [-0.2, 0) is 0 Å². The van der Waals surface area contributed by atoms with E-state index in [2.05, 4.69) is 25.2 Å². The first kappa shape index (κ1) is 14.8. The van der Waals surface area contributed by atoms with Crippen molar-refractivity contribution >= 4 is 5.69 Å². The lowest BCUT2D eigenvalue weighted by atomic mass is 9.81. The topological polar surface area (TPSA) is 35.8 Å². The molecule has 1 fully saturated rings. The van der Waals surface area contributed by atoms with Crippen LogP contribution in [0.2, 0.25) is 0 Å². The summed E-state index contributed by atoms with van der Waals surface area (Å²) in [6.45, 7) is 4.54. The maximum Gasteiger partial charge on any atom is 0.124 e. The molecule has 0 amide bonds. The minimum Gasteiger partial charge on any atom is -0.381 e. The first-order valence-electron chi connectivity index (χ1n) is 7.54. The Balaban J connectivity index is 2.01. The fourth-order valence-electron chi connectivity index (χ4n) is 3.26. The zero-order chi connectivity index (χ0) is 14.5. The molecule has 2 atom stereocenters.